The fourth-order valence-electron chi connectivity index (χ4n) is 8.02. The van der Waals surface area contributed by atoms with Gasteiger partial charge in [-0.3, -0.25) is 0 Å². The van der Waals surface area contributed by atoms with Crippen LogP contribution in [-0.4, -0.2) is 4.57 Å². The molecule has 0 N–H and O–H groups in total. The number of rotatable bonds is 4. The number of hydrogen-bond donors (Lipinski definition) is 0. The van der Waals surface area contributed by atoms with Crippen molar-refractivity contribution in [2.75, 3.05) is 4.90 Å². The molecule has 234 valence electrons. The van der Waals surface area contributed by atoms with E-state index in [0.29, 0.717) is 0 Å². The van der Waals surface area contributed by atoms with Crippen LogP contribution >= 0.6 is 0 Å². The fourth-order valence-corrected chi connectivity index (χ4v) is 8.02. The number of furan rings is 2. The SMILES string of the molecule is c1ccc(-n2c3ccccc3c3ccc(N(c4cccc5oc6ccccc6c45)c4cccc5ccc6c7ccccc7oc6c45)cc32)cc1. The zero-order valence-corrected chi connectivity index (χ0v) is 26.9. The summed E-state index contributed by atoms with van der Waals surface area (Å²) in [6, 6.07) is 60.1. The quantitative estimate of drug-likeness (QED) is 0.192. The molecule has 3 heterocycles. The van der Waals surface area contributed by atoms with E-state index in [1.54, 1.807) is 0 Å². The number of hydrogen-bond acceptors (Lipinski definition) is 3. The smallest absolute Gasteiger partial charge is 0.145 e. The van der Waals surface area contributed by atoms with Crippen LogP contribution in [-0.2, 0) is 0 Å². The third kappa shape index (κ3) is 3.81. The van der Waals surface area contributed by atoms with Gasteiger partial charge in [0.2, 0.25) is 0 Å². The molecule has 0 saturated carbocycles. The average molecular weight is 641 g/mol. The Labute approximate surface area is 286 Å². The van der Waals surface area contributed by atoms with Crippen LogP contribution in [0.2, 0.25) is 0 Å². The van der Waals surface area contributed by atoms with Gasteiger partial charge in [0, 0.05) is 43.7 Å². The molecule has 0 atom stereocenters. The van der Waals surface area contributed by atoms with E-state index >= 15 is 0 Å². The van der Waals surface area contributed by atoms with Crippen LogP contribution in [0.25, 0.3) is 82.1 Å². The monoisotopic (exact) mass is 640 g/mol. The zero-order valence-electron chi connectivity index (χ0n) is 26.9. The maximum atomic E-state index is 6.71. The number of benzene rings is 8. The van der Waals surface area contributed by atoms with Gasteiger partial charge in [0.15, 0.2) is 0 Å². The second-order valence-electron chi connectivity index (χ2n) is 12.9. The van der Waals surface area contributed by atoms with Crippen molar-refractivity contribution in [3.8, 4) is 5.69 Å². The summed E-state index contributed by atoms with van der Waals surface area (Å²) in [7, 11) is 0. The molecule has 11 aromatic rings. The molecule has 0 aliphatic heterocycles. The van der Waals surface area contributed by atoms with Gasteiger partial charge in [-0.15, -0.1) is 0 Å². The van der Waals surface area contributed by atoms with Crippen LogP contribution < -0.4 is 4.90 Å². The number of para-hydroxylation sites is 4. The minimum absolute atomic E-state index is 0.849. The highest BCUT2D eigenvalue weighted by Gasteiger charge is 2.24. The molecule has 0 aliphatic carbocycles. The van der Waals surface area contributed by atoms with Gasteiger partial charge in [-0.25, -0.2) is 0 Å². The van der Waals surface area contributed by atoms with Crippen LogP contribution in [0.15, 0.2) is 179 Å². The van der Waals surface area contributed by atoms with Crippen molar-refractivity contribution in [3.05, 3.63) is 170 Å². The molecule has 8 aromatic carbocycles. The molecule has 50 heavy (non-hydrogen) atoms. The summed E-state index contributed by atoms with van der Waals surface area (Å²) >= 11 is 0. The third-order valence-electron chi connectivity index (χ3n) is 10.2. The van der Waals surface area contributed by atoms with Crippen molar-refractivity contribution in [1.82, 2.24) is 4.57 Å². The van der Waals surface area contributed by atoms with Gasteiger partial charge in [0.05, 0.1) is 27.8 Å². The second kappa shape index (κ2) is 10.4. The zero-order chi connectivity index (χ0) is 32.8. The van der Waals surface area contributed by atoms with Gasteiger partial charge in [-0.05, 0) is 72.1 Å². The molecule has 4 heteroatoms. The molecule has 0 saturated heterocycles. The minimum atomic E-state index is 0.849. The lowest BCUT2D eigenvalue weighted by Crippen LogP contribution is -2.11. The van der Waals surface area contributed by atoms with E-state index in [2.05, 4.69) is 161 Å². The first-order valence-electron chi connectivity index (χ1n) is 16.9. The Morgan fingerprint density at radius 2 is 1.04 bits per heavy atom. The van der Waals surface area contributed by atoms with Crippen molar-refractivity contribution < 1.29 is 8.83 Å². The normalized spacial score (nSPS) is 12.0. The lowest BCUT2D eigenvalue weighted by molar-refractivity contribution is 0.669. The first kappa shape index (κ1) is 27.2. The van der Waals surface area contributed by atoms with E-state index in [4.69, 9.17) is 8.83 Å². The Morgan fingerprint density at radius 1 is 0.400 bits per heavy atom. The highest BCUT2D eigenvalue weighted by Crippen LogP contribution is 2.48. The molecule has 0 spiro atoms. The van der Waals surface area contributed by atoms with Crippen LogP contribution in [0, 0.1) is 0 Å². The van der Waals surface area contributed by atoms with Gasteiger partial charge >= 0.3 is 0 Å². The van der Waals surface area contributed by atoms with E-state index < -0.39 is 0 Å². The number of aromatic nitrogens is 1. The average Bonchev–Trinajstić information content (AvgIpc) is 3.85. The van der Waals surface area contributed by atoms with Crippen molar-refractivity contribution in [1.29, 1.82) is 0 Å². The summed E-state index contributed by atoms with van der Waals surface area (Å²) in [5, 5.41) is 8.98. The lowest BCUT2D eigenvalue weighted by atomic mass is 10.0. The van der Waals surface area contributed by atoms with Gasteiger partial charge in [-0.1, -0.05) is 103 Å². The van der Waals surface area contributed by atoms with Crippen molar-refractivity contribution >= 4 is 93.5 Å². The van der Waals surface area contributed by atoms with Gasteiger partial charge in [0.1, 0.15) is 22.3 Å². The third-order valence-corrected chi connectivity index (χ3v) is 10.2. The fraction of sp³-hybridized carbons (Fsp3) is 0. The number of fused-ring (bicyclic) bond motifs is 11. The number of anilines is 3. The lowest BCUT2D eigenvalue weighted by Gasteiger charge is -2.28. The van der Waals surface area contributed by atoms with Gasteiger partial charge in [0.25, 0.3) is 0 Å². The molecule has 0 radical (unpaired) electrons. The highest BCUT2D eigenvalue weighted by atomic mass is 16.3. The highest BCUT2D eigenvalue weighted by molar-refractivity contribution is 6.21. The molecule has 0 bridgehead atoms. The van der Waals surface area contributed by atoms with E-state index in [1.165, 1.54) is 16.3 Å². The summed E-state index contributed by atoms with van der Waals surface area (Å²) in [6.45, 7) is 0. The van der Waals surface area contributed by atoms with Gasteiger partial charge < -0.3 is 18.3 Å². The molecule has 11 rings (SSSR count). The molecule has 0 aliphatic rings. The Morgan fingerprint density at radius 3 is 1.90 bits per heavy atom. The molecular formula is C46H28N2O2. The summed E-state index contributed by atoms with van der Waals surface area (Å²) in [5.74, 6) is 0. The van der Waals surface area contributed by atoms with E-state index in [0.717, 1.165) is 82.9 Å². The van der Waals surface area contributed by atoms with Crippen LogP contribution in [0.3, 0.4) is 0 Å². The summed E-state index contributed by atoms with van der Waals surface area (Å²) in [5.41, 5.74) is 10.0. The van der Waals surface area contributed by atoms with Crippen LogP contribution in [0.1, 0.15) is 0 Å². The van der Waals surface area contributed by atoms with Crippen LogP contribution in [0.4, 0.5) is 17.1 Å². The van der Waals surface area contributed by atoms with Crippen molar-refractivity contribution in [2.24, 2.45) is 0 Å². The van der Waals surface area contributed by atoms with Gasteiger partial charge in [-0.2, -0.15) is 0 Å². The maximum Gasteiger partial charge on any atom is 0.145 e. The predicted octanol–water partition coefficient (Wildman–Crippen LogP) is 13.2. The van der Waals surface area contributed by atoms with E-state index in [1.807, 2.05) is 18.2 Å². The van der Waals surface area contributed by atoms with E-state index in [9.17, 15) is 0 Å². The molecular weight excluding hydrogens is 613 g/mol. The Bertz CT molecular complexity index is 3110. The molecule has 4 nitrogen and oxygen atoms in total. The second-order valence-corrected chi connectivity index (χ2v) is 12.9. The van der Waals surface area contributed by atoms with Crippen molar-refractivity contribution in [3.63, 3.8) is 0 Å². The Balaban J connectivity index is 1.29. The molecule has 0 fully saturated rings. The number of nitrogens with zero attached hydrogens (tertiary/aromatic N) is 2. The maximum absolute atomic E-state index is 6.71. The van der Waals surface area contributed by atoms with E-state index in [-0.39, 0.29) is 0 Å². The van der Waals surface area contributed by atoms with Crippen LogP contribution in [0.5, 0.6) is 0 Å². The minimum Gasteiger partial charge on any atom is -0.456 e. The molecule has 0 unspecified atom stereocenters. The predicted molar refractivity (Wildman–Crippen MR) is 208 cm³/mol. The summed E-state index contributed by atoms with van der Waals surface area (Å²) in [4.78, 5) is 2.39. The first-order chi connectivity index (χ1) is 24.8. The van der Waals surface area contributed by atoms with Crippen molar-refractivity contribution in [2.45, 2.75) is 0 Å². The Hall–Kier alpha value is -6.78. The Kier molecular flexibility index (Phi) is 5.63. The topological polar surface area (TPSA) is 34.5 Å². The first-order valence-corrected chi connectivity index (χ1v) is 16.9. The standard InChI is InChI=1S/C46H28N2O2/c1-2-13-30(14-3-1)47-37-18-7-4-15-32(37)33-27-25-31(28-40(33)47)48(39-20-11-23-43-45(39)36-17-6-9-22-42(36)49-43)38-19-10-12-29-24-26-35-34-16-5-8-21-41(34)50-46(35)44(29)38/h1-28H. The largest absolute Gasteiger partial charge is 0.456 e. The summed E-state index contributed by atoms with van der Waals surface area (Å²) < 4.78 is 15.5. The molecule has 0 amide bonds. The summed E-state index contributed by atoms with van der Waals surface area (Å²) in [6.07, 6.45) is 0. The molecule has 3 aromatic heterocycles.